The number of aryl methyl sites for hydroxylation is 1. The Bertz CT molecular complexity index is 1620. The number of aromatic nitrogens is 3. The number of carbonyl (C=O) groups is 1. The molecule has 1 aromatic heterocycles. The van der Waals surface area contributed by atoms with E-state index >= 15 is 0 Å². The second-order valence-electron chi connectivity index (χ2n) is 7.98. The monoisotopic (exact) mass is 590 g/mol. The highest BCUT2D eigenvalue weighted by Crippen LogP contribution is 2.33. The summed E-state index contributed by atoms with van der Waals surface area (Å²) in [4.78, 5) is 14.4. The van der Waals surface area contributed by atoms with Crippen LogP contribution >= 0.6 is 31.9 Å². The second-order valence-corrected chi connectivity index (χ2v) is 9.75. The van der Waals surface area contributed by atoms with Gasteiger partial charge in [0.2, 0.25) is 5.91 Å². The molecular formula is C27H20Br2N4O2. The number of methoxy groups -OCH3 is 1. The Labute approximate surface area is 218 Å². The highest BCUT2D eigenvalue weighted by atomic mass is 79.9. The van der Waals surface area contributed by atoms with Crippen molar-refractivity contribution in [1.29, 1.82) is 0 Å². The molecule has 0 radical (unpaired) electrons. The number of hydrogen-bond acceptors (Lipinski definition) is 4. The fraction of sp³-hybridized carbons (Fsp3) is 0.0741. The molecular weight excluding hydrogens is 572 g/mol. The highest BCUT2D eigenvalue weighted by Gasteiger charge is 2.12. The van der Waals surface area contributed by atoms with Crippen LogP contribution in [0.1, 0.15) is 11.1 Å². The van der Waals surface area contributed by atoms with Crippen molar-refractivity contribution in [3.8, 4) is 11.4 Å². The smallest absolute Gasteiger partial charge is 0.248 e. The third kappa shape index (κ3) is 4.72. The van der Waals surface area contributed by atoms with Crippen LogP contribution in [0.4, 0.5) is 5.69 Å². The number of rotatable bonds is 5. The summed E-state index contributed by atoms with van der Waals surface area (Å²) in [6.45, 7) is 1.93. The number of fused-ring (bicyclic) bond motifs is 2. The van der Waals surface area contributed by atoms with E-state index in [1.165, 1.54) is 6.08 Å². The lowest BCUT2D eigenvalue weighted by atomic mass is 10.1. The quantitative estimate of drug-likeness (QED) is 0.222. The molecule has 8 heteroatoms. The summed E-state index contributed by atoms with van der Waals surface area (Å²) in [6, 6.07) is 21.7. The average molecular weight is 592 g/mol. The molecule has 35 heavy (non-hydrogen) atoms. The largest absolute Gasteiger partial charge is 0.495 e. The van der Waals surface area contributed by atoms with Crippen molar-refractivity contribution in [1.82, 2.24) is 15.0 Å². The van der Waals surface area contributed by atoms with E-state index in [2.05, 4.69) is 65.6 Å². The van der Waals surface area contributed by atoms with Crippen LogP contribution in [0.25, 0.3) is 33.6 Å². The molecule has 0 aliphatic rings. The van der Waals surface area contributed by atoms with E-state index in [1.54, 1.807) is 18.0 Å². The van der Waals surface area contributed by atoms with Crippen LogP contribution in [0.5, 0.6) is 5.75 Å². The maximum atomic E-state index is 12.7. The minimum absolute atomic E-state index is 0.257. The lowest BCUT2D eigenvalue weighted by Crippen LogP contribution is -2.09. The number of nitrogens with one attached hydrogen (secondary N) is 1. The van der Waals surface area contributed by atoms with Gasteiger partial charge in [-0.05, 0) is 70.2 Å². The minimum Gasteiger partial charge on any atom is -0.495 e. The molecule has 4 aromatic carbocycles. The zero-order valence-electron chi connectivity index (χ0n) is 18.9. The van der Waals surface area contributed by atoms with Crippen LogP contribution in [0.2, 0.25) is 0 Å². The first-order chi connectivity index (χ1) is 16.9. The zero-order chi connectivity index (χ0) is 24.5. The van der Waals surface area contributed by atoms with Gasteiger partial charge in [0.1, 0.15) is 16.8 Å². The van der Waals surface area contributed by atoms with Gasteiger partial charge >= 0.3 is 0 Å². The van der Waals surface area contributed by atoms with E-state index in [4.69, 9.17) is 4.74 Å². The molecule has 0 bridgehead atoms. The van der Waals surface area contributed by atoms with Crippen molar-refractivity contribution in [2.24, 2.45) is 0 Å². The van der Waals surface area contributed by atoms with Crippen LogP contribution < -0.4 is 10.1 Å². The fourth-order valence-electron chi connectivity index (χ4n) is 3.95. The summed E-state index contributed by atoms with van der Waals surface area (Å²) < 4.78 is 7.12. The van der Waals surface area contributed by atoms with Crippen molar-refractivity contribution < 1.29 is 9.53 Å². The lowest BCUT2D eigenvalue weighted by Gasteiger charge is -2.09. The molecule has 1 amide bonds. The van der Waals surface area contributed by atoms with Gasteiger partial charge in [0.15, 0.2) is 0 Å². The van der Waals surface area contributed by atoms with Crippen molar-refractivity contribution in [2.45, 2.75) is 6.92 Å². The van der Waals surface area contributed by atoms with E-state index < -0.39 is 0 Å². The van der Waals surface area contributed by atoms with Crippen LogP contribution in [-0.2, 0) is 4.79 Å². The van der Waals surface area contributed by atoms with Gasteiger partial charge in [0.05, 0.1) is 17.3 Å². The van der Waals surface area contributed by atoms with E-state index in [0.29, 0.717) is 17.0 Å². The normalized spacial score (nSPS) is 11.4. The van der Waals surface area contributed by atoms with E-state index in [-0.39, 0.29) is 5.91 Å². The third-order valence-electron chi connectivity index (χ3n) is 5.62. The number of amides is 1. The molecule has 0 saturated carbocycles. The fourth-order valence-corrected chi connectivity index (χ4v) is 5.37. The van der Waals surface area contributed by atoms with Crippen molar-refractivity contribution >= 4 is 71.3 Å². The second kappa shape index (κ2) is 9.64. The maximum Gasteiger partial charge on any atom is 0.248 e. The van der Waals surface area contributed by atoms with Gasteiger partial charge in [0.25, 0.3) is 0 Å². The number of halogens is 2. The molecule has 1 heterocycles. The predicted octanol–water partition coefficient (Wildman–Crippen LogP) is 7.07. The minimum atomic E-state index is -0.257. The summed E-state index contributed by atoms with van der Waals surface area (Å²) in [5, 5.41) is 14.5. The Morgan fingerprint density at radius 2 is 1.74 bits per heavy atom. The Hall–Kier alpha value is -3.49. The highest BCUT2D eigenvalue weighted by molar-refractivity contribution is 9.11. The van der Waals surface area contributed by atoms with Crippen LogP contribution in [0.15, 0.2) is 81.8 Å². The first-order valence-electron chi connectivity index (χ1n) is 10.8. The number of anilines is 1. The van der Waals surface area contributed by atoms with Crippen LogP contribution in [0, 0.1) is 6.92 Å². The molecule has 1 N–H and O–H groups in total. The van der Waals surface area contributed by atoms with E-state index in [0.717, 1.165) is 42.0 Å². The van der Waals surface area contributed by atoms with Gasteiger partial charge in [-0.15, -0.1) is 15.0 Å². The van der Waals surface area contributed by atoms with Gasteiger partial charge < -0.3 is 10.1 Å². The Kier molecular flexibility index (Phi) is 6.40. The van der Waals surface area contributed by atoms with Gasteiger partial charge in [0, 0.05) is 27.2 Å². The van der Waals surface area contributed by atoms with Gasteiger partial charge in [-0.2, -0.15) is 0 Å². The Balaban J connectivity index is 1.43. The molecule has 5 aromatic rings. The van der Waals surface area contributed by atoms with Gasteiger partial charge in [-0.3, -0.25) is 4.79 Å². The molecule has 0 aliphatic carbocycles. The Morgan fingerprint density at radius 3 is 2.54 bits per heavy atom. The van der Waals surface area contributed by atoms with Crippen LogP contribution in [0.3, 0.4) is 0 Å². The summed E-state index contributed by atoms with van der Waals surface area (Å²) in [6.07, 6.45) is 3.20. The lowest BCUT2D eigenvalue weighted by molar-refractivity contribution is -0.111. The zero-order valence-corrected chi connectivity index (χ0v) is 22.1. The maximum absolute atomic E-state index is 12.7. The number of hydrogen-bond donors (Lipinski definition) is 1. The van der Waals surface area contributed by atoms with Crippen molar-refractivity contribution in [3.05, 3.63) is 92.9 Å². The predicted molar refractivity (Wildman–Crippen MR) is 147 cm³/mol. The van der Waals surface area contributed by atoms with Crippen molar-refractivity contribution in [2.75, 3.05) is 12.4 Å². The molecule has 5 rings (SSSR count). The third-order valence-corrected chi connectivity index (χ3v) is 6.67. The molecule has 0 fully saturated rings. The molecule has 0 aliphatic heterocycles. The molecule has 6 nitrogen and oxygen atoms in total. The topological polar surface area (TPSA) is 69.0 Å². The number of benzene rings is 4. The molecule has 0 spiro atoms. The number of nitrogens with zero attached hydrogens (tertiary/aromatic N) is 3. The van der Waals surface area contributed by atoms with Crippen LogP contribution in [-0.4, -0.2) is 28.0 Å². The molecule has 0 atom stereocenters. The van der Waals surface area contributed by atoms with E-state index in [9.17, 15) is 4.79 Å². The summed E-state index contributed by atoms with van der Waals surface area (Å²) in [5.74, 6) is 0.395. The van der Waals surface area contributed by atoms with E-state index in [1.807, 2.05) is 55.5 Å². The Morgan fingerprint density at radius 1 is 1.00 bits per heavy atom. The summed E-state index contributed by atoms with van der Waals surface area (Å²) in [7, 11) is 1.59. The first kappa shape index (κ1) is 23.3. The number of carbonyl (C=O) groups excluding carboxylic acids is 1. The first-order valence-corrected chi connectivity index (χ1v) is 12.4. The summed E-state index contributed by atoms with van der Waals surface area (Å²) >= 11 is 6.95. The SMILES string of the molecule is COc1c(Br)cc(Br)cc1/C=C/C(=O)Nc1cc2nn(-c3cccc4ccccc34)nc2cc1C. The summed E-state index contributed by atoms with van der Waals surface area (Å²) in [5.41, 5.74) is 4.70. The average Bonchev–Trinajstić information content (AvgIpc) is 3.24. The van der Waals surface area contributed by atoms with Gasteiger partial charge in [-0.25, -0.2) is 0 Å². The molecule has 0 unspecified atom stereocenters. The standard InChI is InChI=1S/C27H20Br2N4O2/c1-16-12-23-24(32-33(31-23)25-9-5-7-17-6-3-4-8-20(17)25)15-22(16)30-26(34)11-10-18-13-19(28)14-21(29)27(18)35-2/h3-15H,1-2H3,(H,30,34)/b11-10+. The molecule has 174 valence electrons. The van der Waals surface area contributed by atoms with Crippen molar-refractivity contribution in [3.63, 3.8) is 0 Å². The van der Waals surface area contributed by atoms with Gasteiger partial charge in [-0.1, -0.05) is 52.3 Å². The molecule has 0 saturated heterocycles. The number of ether oxygens (including phenoxy) is 1.